The van der Waals surface area contributed by atoms with E-state index >= 15 is 0 Å². The van der Waals surface area contributed by atoms with Crippen molar-refractivity contribution in [1.29, 1.82) is 0 Å². The van der Waals surface area contributed by atoms with E-state index in [-0.39, 0.29) is 41.5 Å². The van der Waals surface area contributed by atoms with E-state index < -0.39 is 15.8 Å². The second kappa shape index (κ2) is 12.3. The molecule has 12 heteroatoms. The first-order valence-corrected chi connectivity index (χ1v) is 14.6. The number of piperidine rings is 1. The summed E-state index contributed by atoms with van der Waals surface area (Å²) >= 11 is 0. The number of nitrogens with one attached hydrogen (secondary N) is 3. The van der Waals surface area contributed by atoms with E-state index in [9.17, 15) is 17.6 Å². The summed E-state index contributed by atoms with van der Waals surface area (Å²) in [5.74, 6) is -0.593. The van der Waals surface area contributed by atoms with E-state index in [1.165, 1.54) is 12.1 Å². The third kappa shape index (κ3) is 6.60. The summed E-state index contributed by atoms with van der Waals surface area (Å²) in [5, 5.41) is 7.34. The molecule has 1 aliphatic heterocycles. The summed E-state index contributed by atoms with van der Waals surface area (Å²) in [6.45, 7) is 5.59. The molecule has 0 bridgehead atoms. The molecule has 0 amide bonds. The highest BCUT2D eigenvalue weighted by atomic mass is 35.5. The minimum absolute atomic E-state index is 0. The summed E-state index contributed by atoms with van der Waals surface area (Å²) in [6.07, 6.45) is 3.73. The van der Waals surface area contributed by atoms with Gasteiger partial charge in [-0.15, -0.1) is 12.4 Å². The van der Waals surface area contributed by atoms with Gasteiger partial charge in [-0.3, -0.25) is 14.1 Å². The number of anilines is 2. The molecule has 4 aromatic rings. The first-order chi connectivity index (χ1) is 18.7. The van der Waals surface area contributed by atoms with Crippen molar-refractivity contribution < 1.29 is 12.8 Å². The van der Waals surface area contributed by atoms with E-state index in [0.29, 0.717) is 33.7 Å². The second-order valence-electron chi connectivity index (χ2n) is 10.0. The molecule has 0 spiro atoms. The van der Waals surface area contributed by atoms with Crippen LogP contribution in [0.25, 0.3) is 22.2 Å². The van der Waals surface area contributed by atoms with Crippen molar-refractivity contribution in [2.24, 2.45) is 0 Å². The van der Waals surface area contributed by atoms with Crippen molar-refractivity contribution in [1.82, 2.24) is 19.9 Å². The number of hydrogen-bond acceptors (Lipinski definition) is 7. The number of hydrogen-bond donors (Lipinski definition) is 3. The van der Waals surface area contributed by atoms with Crippen LogP contribution in [-0.4, -0.2) is 42.1 Å². The van der Waals surface area contributed by atoms with Crippen LogP contribution in [0, 0.1) is 5.82 Å². The lowest BCUT2D eigenvalue weighted by atomic mass is 10.0. The van der Waals surface area contributed by atoms with Crippen LogP contribution in [0.1, 0.15) is 38.3 Å². The number of pyridine rings is 1. The van der Waals surface area contributed by atoms with Crippen LogP contribution in [0.15, 0.2) is 65.6 Å². The standard InChI is InChI=1S/C28H31FN6O3S.ClH/c1-18(2)35-26-21(15-31-28(33-26)32-22-9-6-12-30-16-22)13-23(27(35)36)20-10-11-24(29)25(14-20)34-39(37,38)17-19-7-4-3-5-8-19;/h3-5,7-8,10-11,13-15,18,22,30,34H,6,9,12,16-17H2,1-2H3,(H,31,32,33);1H. The molecule has 212 valence electrons. The van der Waals surface area contributed by atoms with Crippen LogP contribution >= 0.6 is 12.4 Å². The third-order valence-corrected chi connectivity index (χ3v) is 7.91. The SMILES string of the molecule is CC(C)n1c(=O)c(-c2ccc(F)c(NS(=O)(=O)Cc3ccccc3)c2)cc2cnc(NC3CCCNC3)nc21.Cl. The number of aromatic nitrogens is 3. The molecular formula is C28H32ClFN6O3S. The minimum Gasteiger partial charge on any atom is -0.350 e. The highest BCUT2D eigenvalue weighted by Crippen LogP contribution is 2.27. The van der Waals surface area contributed by atoms with Gasteiger partial charge in [-0.2, -0.15) is 4.98 Å². The maximum atomic E-state index is 14.7. The quantitative estimate of drug-likeness (QED) is 0.274. The normalized spacial score (nSPS) is 15.6. The Morgan fingerprint density at radius 2 is 1.93 bits per heavy atom. The van der Waals surface area contributed by atoms with Gasteiger partial charge in [-0.05, 0) is 62.6 Å². The van der Waals surface area contributed by atoms with Crippen LogP contribution in [-0.2, 0) is 15.8 Å². The molecule has 9 nitrogen and oxygen atoms in total. The van der Waals surface area contributed by atoms with E-state index in [2.05, 4.69) is 25.3 Å². The lowest BCUT2D eigenvalue weighted by Gasteiger charge is -2.24. The van der Waals surface area contributed by atoms with Crippen molar-refractivity contribution in [2.45, 2.75) is 44.5 Å². The number of rotatable bonds is 8. The van der Waals surface area contributed by atoms with Gasteiger partial charge >= 0.3 is 0 Å². The topological polar surface area (TPSA) is 118 Å². The molecule has 1 aliphatic rings. The average Bonchev–Trinajstić information content (AvgIpc) is 2.90. The summed E-state index contributed by atoms with van der Waals surface area (Å²) in [7, 11) is -3.90. The molecule has 1 atom stereocenters. The van der Waals surface area contributed by atoms with Gasteiger partial charge in [-0.1, -0.05) is 36.4 Å². The summed E-state index contributed by atoms with van der Waals surface area (Å²) in [4.78, 5) is 22.8. The molecule has 2 aromatic carbocycles. The van der Waals surface area contributed by atoms with Crippen LogP contribution < -0.4 is 20.9 Å². The zero-order chi connectivity index (χ0) is 27.6. The van der Waals surface area contributed by atoms with Gasteiger partial charge in [0.15, 0.2) is 0 Å². The molecule has 2 aromatic heterocycles. The molecule has 1 fully saturated rings. The van der Waals surface area contributed by atoms with Gasteiger partial charge in [-0.25, -0.2) is 17.8 Å². The minimum atomic E-state index is -3.90. The Hall–Kier alpha value is -3.54. The van der Waals surface area contributed by atoms with Gasteiger partial charge in [0.25, 0.3) is 5.56 Å². The summed E-state index contributed by atoms with van der Waals surface area (Å²) < 4.78 is 44.1. The maximum absolute atomic E-state index is 14.7. The summed E-state index contributed by atoms with van der Waals surface area (Å²) in [6, 6.07) is 14.2. The smallest absolute Gasteiger partial charge is 0.260 e. The third-order valence-electron chi connectivity index (χ3n) is 6.66. The van der Waals surface area contributed by atoms with Gasteiger partial charge in [0.2, 0.25) is 16.0 Å². The molecule has 3 heterocycles. The Bertz CT molecular complexity index is 1660. The van der Waals surface area contributed by atoms with Crippen molar-refractivity contribution in [3.8, 4) is 11.1 Å². The number of benzene rings is 2. The Labute approximate surface area is 238 Å². The molecule has 0 aliphatic carbocycles. The highest BCUT2D eigenvalue weighted by Gasteiger charge is 2.20. The molecule has 40 heavy (non-hydrogen) atoms. The van der Waals surface area contributed by atoms with E-state index in [1.54, 1.807) is 47.2 Å². The molecule has 3 N–H and O–H groups in total. The van der Waals surface area contributed by atoms with Crippen molar-refractivity contribution in [3.05, 3.63) is 82.5 Å². The first kappa shape index (κ1) is 29.4. The zero-order valence-corrected chi connectivity index (χ0v) is 23.9. The van der Waals surface area contributed by atoms with Crippen molar-refractivity contribution in [2.75, 3.05) is 23.1 Å². The Morgan fingerprint density at radius 1 is 1.15 bits per heavy atom. The Kier molecular flexibility index (Phi) is 9.07. The van der Waals surface area contributed by atoms with Crippen LogP contribution in [0.4, 0.5) is 16.0 Å². The fourth-order valence-corrected chi connectivity index (χ4v) is 6.00. The fourth-order valence-electron chi connectivity index (χ4n) is 4.80. The molecule has 0 saturated carbocycles. The highest BCUT2D eigenvalue weighted by molar-refractivity contribution is 7.91. The van der Waals surface area contributed by atoms with Crippen LogP contribution in [0.2, 0.25) is 0 Å². The monoisotopic (exact) mass is 586 g/mol. The molecule has 0 radical (unpaired) electrons. The van der Waals surface area contributed by atoms with Crippen LogP contribution in [0.3, 0.4) is 0 Å². The van der Waals surface area contributed by atoms with Crippen molar-refractivity contribution in [3.63, 3.8) is 0 Å². The number of sulfonamides is 1. The largest absolute Gasteiger partial charge is 0.350 e. The second-order valence-corrected chi connectivity index (χ2v) is 11.8. The van der Waals surface area contributed by atoms with Gasteiger partial charge in [0, 0.05) is 35.8 Å². The lowest BCUT2D eigenvalue weighted by Crippen LogP contribution is -2.38. The first-order valence-electron chi connectivity index (χ1n) is 12.9. The molecular weight excluding hydrogens is 555 g/mol. The zero-order valence-electron chi connectivity index (χ0n) is 22.2. The van der Waals surface area contributed by atoms with E-state index in [0.717, 1.165) is 32.0 Å². The number of fused-ring (bicyclic) bond motifs is 1. The van der Waals surface area contributed by atoms with Crippen molar-refractivity contribution >= 4 is 45.1 Å². The predicted octanol–water partition coefficient (Wildman–Crippen LogP) is 4.71. The Morgan fingerprint density at radius 3 is 2.62 bits per heavy atom. The fraction of sp³-hybridized carbons (Fsp3) is 0.321. The maximum Gasteiger partial charge on any atom is 0.260 e. The van der Waals surface area contributed by atoms with Gasteiger partial charge < -0.3 is 10.6 Å². The average molecular weight is 587 g/mol. The van der Waals surface area contributed by atoms with Gasteiger partial charge in [0.05, 0.1) is 11.4 Å². The predicted molar refractivity (Wildman–Crippen MR) is 159 cm³/mol. The molecule has 1 unspecified atom stereocenters. The number of halogens is 2. The van der Waals surface area contributed by atoms with Crippen LogP contribution in [0.5, 0.6) is 0 Å². The van der Waals surface area contributed by atoms with E-state index in [1.807, 2.05) is 13.8 Å². The molecule has 1 saturated heterocycles. The van der Waals surface area contributed by atoms with E-state index in [4.69, 9.17) is 0 Å². The number of nitrogens with zero attached hydrogens (tertiary/aromatic N) is 3. The van der Waals surface area contributed by atoms with Gasteiger partial charge in [0.1, 0.15) is 11.5 Å². The summed E-state index contributed by atoms with van der Waals surface area (Å²) in [5.41, 5.74) is 1.20. The Balaban J connectivity index is 0.00000370. The molecule has 5 rings (SSSR count). The lowest BCUT2D eigenvalue weighted by molar-refractivity contribution is 0.478.